The summed E-state index contributed by atoms with van der Waals surface area (Å²) < 4.78 is 36.7. The number of nitrogens with zero attached hydrogens (tertiary/aromatic N) is 6. The van der Waals surface area contributed by atoms with Crippen molar-refractivity contribution in [3.63, 3.8) is 0 Å². The van der Waals surface area contributed by atoms with Crippen LogP contribution in [-0.2, 0) is 14.8 Å². The van der Waals surface area contributed by atoms with Gasteiger partial charge in [0.05, 0.1) is 19.4 Å². The van der Waals surface area contributed by atoms with Crippen molar-refractivity contribution in [2.45, 2.75) is 11.8 Å². The van der Waals surface area contributed by atoms with Crippen molar-refractivity contribution in [3.8, 4) is 0 Å². The van der Waals surface area contributed by atoms with Gasteiger partial charge in [-0.25, -0.2) is 18.4 Å². The minimum absolute atomic E-state index is 0.0865. The Hall–Kier alpha value is -2.24. The first-order valence-corrected chi connectivity index (χ1v) is 10.3. The maximum Gasteiger partial charge on any atom is 0.248 e. The molecule has 27 heavy (non-hydrogen) atoms. The summed E-state index contributed by atoms with van der Waals surface area (Å²) in [5.74, 6) is 2.42. The largest absolute Gasteiger partial charge is 0.378 e. The second-order valence-electron chi connectivity index (χ2n) is 6.48. The lowest BCUT2D eigenvalue weighted by Crippen LogP contribution is -2.49. The lowest BCUT2D eigenvalue weighted by atomic mass is 10.3. The summed E-state index contributed by atoms with van der Waals surface area (Å²) in [5.41, 5.74) is 0. The van der Waals surface area contributed by atoms with Gasteiger partial charge in [0, 0.05) is 45.3 Å². The summed E-state index contributed by atoms with van der Waals surface area (Å²) >= 11 is 0. The average Bonchev–Trinajstić information content (AvgIpc) is 3.24. The van der Waals surface area contributed by atoms with Crippen molar-refractivity contribution in [2.24, 2.45) is 0 Å². The lowest BCUT2D eigenvalue weighted by molar-refractivity contribution is 0.122. The number of aromatic nitrogens is 3. The van der Waals surface area contributed by atoms with E-state index in [0.29, 0.717) is 45.2 Å². The molecule has 0 atom stereocenters. The van der Waals surface area contributed by atoms with Gasteiger partial charge in [0.2, 0.25) is 10.0 Å². The molecular weight excluding hydrogens is 372 g/mol. The van der Waals surface area contributed by atoms with Gasteiger partial charge in [-0.2, -0.15) is 4.31 Å². The van der Waals surface area contributed by atoms with Crippen LogP contribution in [0.2, 0.25) is 0 Å². The molecule has 2 aliphatic rings. The SMILES string of the molecule is Cc1nc(N2CCOCC2)cc(N2CCN(S(=O)(=O)c3cnoc3)CC2)n1. The molecule has 10 nitrogen and oxygen atoms in total. The number of rotatable bonds is 4. The molecule has 0 spiro atoms. The fourth-order valence-electron chi connectivity index (χ4n) is 3.28. The molecule has 2 saturated heterocycles. The Morgan fingerprint density at radius 3 is 2.19 bits per heavy atom. The molecule has 2 aromatic heterocycles. The molecule has 0 bridgehead atoms. The van der Waals surface area contributed by atoms with E-state index in [1.165, 1.54) is 10.5 Å². The maximum absolute atomic E-state index is 12.6. The third-order valence-corrected chi connectivity index (χ3v) is 6.60. The molecule has 2 aromatic rings. The molecule has 146 valence electrons. The Morgan fingerprint density at radius 1 is 0.963 bits per heavy atom. The van der Waals surface area contributed by atoms with E-state index in [-0.39, 0.29) is 4.90 Å². The summed E-state index contributed by atoms with van der Waals surface area (Å²) in [6, 6.07) is 1.97. The molecule has 4 rings (SSSR count). The van der Waals surface area contributed by atoms with E-state index in [0.717, 1.165) is 31.0 Å². The third kappa shape index (κ3) is 3.75. The van der Waals surface area contributed by atoms with Crippen molar-refractivity contribution >= 4 is 21.7 Å². The highest BCUT2D eigenvalue weighted by Crippen LogP contribution is 2.23. The molecule has 11 heteroatoms. The zero-order valence-electron chi connectivity index (χ0n) is 15.1. The van der Waals surface area contributed by atoms with Gasteiger partial charge < -0.3 is 19.1 Å². The molecule has 0 N–H and O–H groups in total. The first kappa shape index (κ1) is 18.1. The normalized spacial score (nSPS) is 19.4. The van der Waals surface area contributed by atoms with E-state index >= 15 is 0 Å². The Kier molecular flexibility index (Phi) is 4.98. The Balaban J connectivity index is 1.47. The molecule has 4 heterocycles. The second kappa shape index (κ2) is 7.41. The van der Waals surface area contributed by atoms with Gasteiger partial charge in [-0.3, -0.25) is 0 Å². The van der Waals surface area contributed by atoms with Crippen molar-refractivity contribution in [1.29, 1.82) is 0 Å². The van der Waals surface area contributed by atoms with Crippen LogP contribution in [0.4, 0.5) is 11.6 Å². The van der Waals surface area contributed by atoms with Crippen molar-refractivity contribution in [1.82, 2.24) is 19.4 Å². The number of sulfonamides is 1. The van der Waals surface area contributed by atoms with Gasteiger partial charge in [-0.05, 0) is 6.92 Å². The second-order valence-corrected chi connectivity index (χ2v) is 8.42. The molecule has 2 fully saturated rings. The number of piperazine rings is 1. The highest BCUT2D eigenvalue weighted by atomic mass is 32.2. The number of aryl methyl sites for hydroxylation is 1. The highest BCUT2D eigenvalue weighted by molar-refractivity contribution is 7.89. The Morgan fingerprint density at radius 2 is 1.59 bits per heavy atom. The van der Waals surface area contributed by atoms with E-state index in [1.54, 1.807) is 0 Å². The highest BCUT2D eigenvalue weighted by Gasteiger charge is 2.30. The van der Waals surface area contributed by atoms with Gasteiger partial charge in [-0.1, -0.05) is 5.16 Å². The molecule has 0 aliphatic carbocycles. The van der Waals surface area contributed by atoms with Crippen LogP contribution in [0.5, 0.6) is 0 Å². The maximum atomic E-state index is 12.6. The number of ether oxygens (including phenoxy) is 1. The van der Waals surface area contributed by atoms with Crippen molar-refractivity contribution < 1.29 is 17.7 Å². The molecule has 0 aromatic carbocycles. The molecule has 2 aliphatic heterocycles. The quantitative estimate of drug-likeness (QED) is 0.715. The van der Waals surface area contributed by atoms with E-state index < -0.39 is 10.0 Å². The van der Waals surface area contributed by atoms with E-state index in [2.05, 4.69) is 29.4 Å². The Labute approximate surface area is 157 Å². The molecule has 0 unspecified atom stereocenters. The summed E-state index contributed by atoms with van der Waals surface area (Å²) in [4.78, 5) is 13.5. The van der Waals surface area contributed by atoms with Gasteiger partial charge in [0.25, 0.3) is 0 Å². The number of hydrogen-bond donors (Lipinski definition) is 0. The van der Waals surface area contributed by atoms with E-state index in [4.69, 9.17) is 4.74 Å². The monoisotopic (exact) mass is 394 g/mol. The van der Waals surface area contributed by atoms with Crippen LogP contribution >= 0.6 is 0 Å². The zero-order chi connectivity index (χ0) is 18.9. The van der Waals surface area contributed by atoms with Gasteiger partial charge in [0.1, 0.15) is 28.6 Å². The molecule has 0 amide bonds. The van der Waals surface area contributed by atoms with Gasteiger partial charge >= 0.3 is 0 Å². The van der Waals surface area contributed by atoms with Crippen LogP contribution in [0.3, 0.4) is 0 Å². The first-order valence-electron chi connectivity index (χ1n) is 8.87. The zero-order valence-corrected chi connectivity index (χ0v) is 15.9. The van der Waals surface area contributed by atoms with Crippen molar-refractivity contribution in [3.05, 3.63) is 24.4 Å². The lowest BCUT2D eigenvalue weighted by Gasteiger charge is -2.35. The predicted octanol–water partition coefficient (Wildman–Crippen LogP) is 0.121. The number of morpholine rings is 1. The summed E-state index contributed by atoms with van der Waals surface area (Å²) in [7, 11) is -3.56. The average molecular weight is 394 g/mol. The number of hydrogen-bond acceptors (Lipinski definition) is 9. The van der Waals surface area contributed by atoms with Crippen LogP contribution in [0.15, 0.2) is 27.9 Å². The molecule has 0 saturated carbocycles. The first-order chi connectivity index (χ1) is 13.0. The van der Waals surface area contributed by atoms with Crippen LogP contribution in [-0.4, -0.2) is 80.3 Å². The minimum atomic E-state index is -3.56. The third-order valence-electron chi connectivity index (χ3n) is 4.76. The fraction of sp³-hybridized carbons (Fsp3) is 0.562. The molecular formula is C16H22N6O4S. The number of anilines is 2. The predicted molar refractivity (Wildman–Crippen MR) is 97.3 cm³/mol. The minimum Gasteiger partial charge on any atom is -0.378 e. The standard InChI is InChI=1S/C16H22N6O4S/c1-13-18-15(10-16(19-13)21-6-8-25-9-7-21)20-2-4-22(5-3-20)27(23,24)14-11-17-26-12-14/h10-12H,2-9H2,1H3. The summed E-state index contributed by atoms with van der Waals surface area (Å²) in [6.07, 6.45) is 2.38. The molecule has 0 radical (unpaired) electrons. The van der Waals surface area contributed by atoms with E-state index in [9.17, 15) is 8.42 Å². The topological polar surface area (TPSA) is 105 Å². The van der Waals surface area contributed by atoms with Gasteiger partial charge in [0.15, 0.2) is 0 Å². The van der Waals surface area contributed by atoms with Crippen LogP contribution in [0, 0.1) is 6.92 Å². The summed E-state index contributed by atoms with van der Waals surface area (Å²) in [5, 5.41) is 3.49. The van der Waals surface area contributed by atoms with Gasteiger partial charge in [-0.15, -0.1) is 0 Å². The van der Waals surface area contributed by atoms with Crippen LogP contribution in [0.25, 0.3) is 0 Å². The van der Waals surface area contributed by atoms with Crippen molar-refractivity contribution in [2.75, 3.05) is 62.3 Å². The van der Waals surface area contributed by atoms with Crippen LogP contribution in [0.1, 0.15) is 5.82 Å². The van der Waals surface area contributed by atoms with E-state index in [1.807, 2.05) is 13.0 Å². The summed E-state index contributed by atoms with van der Waals surface area (Å²) in [6.45, 7) is 6.75. The smallest absolute Gasteiger partial charge is 0.248 e. The fourth-order valence-corrected chi connectivity index (χ4v) is 4.57. The van der Waals surface area contributed by atoms with Crippen LogP contribution < -0.4 is 9.80 Å². The Bertz CT molecular complexity index is 874.